The van der Waals surface area contributed by atoms with Gasteiger partial charge < -0.3 is 49.5 Å². The van der Waals surface area contributed by atoms with E-state index in [2.05, 4.69) is 79.2 Å². The van der Waals surface area contributed by atoms with Gasteiger partial charge in [-0.25, -0.2) is 0 Å². The highest BCUT2D eigenvalue weighted by atomic mass is 16.5. The second-order valence-electron chi connectivity index (χ2n) is 20.7. The van der Waals surface area contributed by atoms with Crippen molar-refractivity contribution in [2.75, 3.05) is 100 Å². The molecule has 0 aliphatic carbocycles. The molecule has 0 atom stereocenters. The Morgan fingerprint density at radius 2 is 0.732 bits per heavy atom. The van der Waals surface area contributed by atoms with Crippen LogP contribution in [-0.4, -0.2) is 184 Å². The molecule has 8 aliphatic heterocycles. The topological polar surface area (TPSA) is 188 Å². The lowest BCUT2D eigenvalue weighted by Crippen LogP contribution is -2.45. The molecule has 82 heavy (non-hydrogen) atoms. The summed E-state index contributed by atoms with van der Waals surface area (Å²) in [5.74, 6) is 2.72. The lowest BCUT2D eigenvalue weighted by atomic mass is 9.96. The van der Waals surface area contributed by atoms with Gasteiger partial charge in [-0.05, 0) is 113 Å². The summed E-state index contributed by atoms with van der Waals surface area (Å²) < 4.78 is 4.83. The van der Waals surface area contributed by atoms with Crippen LogP contribution >= 0.6 is 0 Å². The molecule has 8 aliphatic rings. The van der Waals surface area contributed by atoms with Gasteiger partial charge in [-0.2, -0.15) is 0 Å². The molecule has 11 heterocycles. The van der Waals surface area contributed by atoms with Crippen molar-refractivity contribution in [2.45, 2.75) is 161 Å². The van der Waals surface area contributed by atoms with E-state index in [0.717, 1.165) is 102 Å². The number of carbonyl (C=O) groups is 5. The largest absolute Gasteiger partial charge is 0.481 e. The predicted molar refractivity (Wildman–Crippen MR) is 331 cm³/mol. The van der Waals surface area contributed by atoms with E-state index in [1.54, 1.807) is 18.6 Å². The number of hydrogen-bond donors (Lipinski definition) is 2. The van der Waals surface area contributed by atoms with Crippen molar-refractivity contribution in [1.29, 1.82) is 0 Å². The minimum Gasteiger partial charge on any atom is -0.481 e. The highest BCUT2D eigenvalue weighted by Crippen LogP contribution is 2.27. The van der Waals surface area contributed by atoms with Crippen LogP contribution in [0.15, 0.2) is 55.0 Å². The van der Waals surface area contributed by atoms with Gasteiger partial charge >= 0.3 is 11.9 Å². The standard InChI is InChI=1S/2C13H17N3O.C12H15N3O.C8H15NO2.C6H11NO2.6C2H6/c2*1-15-6-10(7-15)5-13(17)16-8-11-3-2-4-14-12(11)9-16;16-12(4-9-5-13-6-9)15-7-10-2-1-3-14-11(10)8-15;1-3-11-8(10)4-7-5-9(2)6-7;1-7-3-5(4-7)2-6(8)9;6*1-2/h2*2-4,10H,5-9H2,1H3;1-3,9,13H,4-8H2;7H,3-6H2,1-2H3;5H,2-4H2,1H3,(H,8,9);6*1-2H3. The minimum atomic E-state index is -0.673. The predicted octanol–water partition coefficient (Wildman–Crippen LogP) is 8.97. The summed E-state index contributed by atoms with van der Waals surface area (Å²) in [6.45, 7) is 40.8. The summed E-state index contributed by atoms with van der Waals surface area (Å²) in [6, 6.07) is 12.0. The molecule has 3 aromatic heterocycles. The quantitative estimate of drug-likeness (QED) is 0.173. The highest BCUT2D eigenvalue weighted by Gasteiger charge is 2.33. The number of amides is 3. The summed E-state index contributed by atoms with van der Waals surface area (Å²) in [6.07, 6.45) is 8.39. The fourth-order valence-electron chi connectivity index (χ4n) is 10.3. The summed E-state index contributed by atoms with van der Waals surface area (Å²) in [4.78, 5) is 84.7. The number of aliphatic carboxylic acids is 1. The molecule has 464 valence electrons. The molecule has 5 fully saturated rings. The average Bonchev–Trinajstić information content (AvgIpc) is 4.22. The maximum Gasteiger partial charge on any atom is 0.306 e. The molecule has 5 saturated heterocycles. The summed E-state index contributed by atoms with van der Waals surface area (Å²) in [7, 11) is 8.24. The van der Waals surface area contributed by atoms with E-state index in [1.165, 1.54) is 16.7 Å². The van der Waals surface area contributed by atoms with Crippen molar-refractivity contribution in [3.63, 3.8) is 0 Å². The Balaban J connectivity index is 0.000000496. The van der Waals surface area contributed by atoms with E-state index in [1.807, 2.05) is 130 Å². The molecular formula is C64H111N11O7. The Morgan fingerprint density at radius 3 is 0.976 bits per heavy atom. The van der Waals surface area contributed by atoms with Crippen LogP contribution < -0.4 is 5.32 Å². The molecule has 3 aromatic rings. The zero-order valence-electron chi connectivity index (χ0n) is 54.0. The molecule has 3 amide bonds. The van der Waals surface area contributed by atoms with Crippen molar-refractivity contribution in [1.82, 2.24) is 54.6 Å². The van der Waals surface area contributed by atoms with Gasteiger partial charge in [-0.15, -0.1) is 0 Å². The van der Waals surface area contributed by atoms with E-state index in [9.17, 15) is 24.0 Å². The van der Waals surface area contributed by atoms with Crippen molar-refractivity contribution >= 4 is 29.7 Å². The molecule has 0 aromatic carbocycles. The molecule has 18 nitrogen and oxygen atoms in total. The molecule has 0 radical (unpaired) electrons. The highest BCUT2D eigenvalue weighted by molar-refractivity contribution is 5.78. The first-order valence-electron chi connectivity index (χ1n) is 31.1. The van der Waals surface area contributed by atoms with E-state index >= 15 is 0 Å². The Morgan fingerprint density at radius 1 is 0.451 bits per heavy atom. The number of likely N-dealkylation sites (tertiary alicyclic amines) is 4. The number of esters is 1. The second-order valence-corrected chi connectivity index (χ2v) is 20.7. The number of nitrogens with one attached hydrogen (secondary N) is 1. The molecule has 0 bridgehead atoms. The van der Waals surface area contributed by atoms with Gasteiger partial charge in [0.1, 0.15) is 0 Å². The molecule has 0 spiro atoms. The van der Waals surface area contributed by atoms with E-state index < -0.39 is 5.97 Å². The summed E-state index contributed by atoms with van der Waals surface area (Å²) in [5, 5.41) is 11.5. The number of pyridine rings is 3. The number of carboxylic acid groups (broad SMARTS) is 1. The molecule has 0 saturated carbocycles. The van der Waals surface area contributed by atoms with Gasteiger partial charge in [0.05, 0.1) is 56.2 Å². The molecule has 11 rings (SSSR count). The van der Waals surface area contributed by atoms with Gasteiger partial charge in [0.25, 0.3) is 0 Å². The number of aromatic nitrogens is 3. The molecule has 0 unspecified atom stereocenters. The number of carbonyl (C=O) groups excluding carboxylic acids is 4. The maximum atomic E-state index is 12.1. The van der Waals surface area contributed by atoms with Crippen LogP contribution in [0.2, 0.25) is 0 Å². The fraction of sp³-hybridized carbons (Fsp3) is 0.688. The first-order valence-corrected chi connectivity index (χ1v) is 31.1. The van der Waals surface area contributed by atoms with Crippen molar-refractivity contribution in [2.24, 2.45) is 29.6 Å². The lowest BCUT2D eigenvalue weighted by Gasteiger charge is -2.36. The Bertz CT molecular complexity index is 2080. The minimum absolute atomic E-state index is 0.0504. The third-order valence-electron chi connectivity index (χ3n) is 14.2. The van der Waals surface area contributed by atoms with Crippen LogP contribution in [0.3, 0.4) is 0 Å². The second kappa shape index (κ2) is 42.4. The van der Waals surface area contributed by atoms with Crippen LogP contribution in [0, 0.1) is 29.6 Å². The van der Waals surface area contributed by atoms with Crippen LogP contribution in [0.4, 0.5) is 0 Å². The fourth-order valence-corrected chi connectivity index (χ4v) is 10.3. The van der Waals surface area contributed by atoms with Gasteiger partial charge in [-0.1, -0.05) is 101 Å². The smallest absolute Gasteiger partial charge is 0.306 e. The number of nitrogens with zero attached hydrogens (tertiary/aromatic N) is 10. The number of ether oxygens (including phenoxy) is 1. The van der Waals surface area contributed by atoms with Crippen molar-refractivity contribution < 1.29 is 33.8 Å². The van der Waals surface area contributed by atoms with Crippen molar-refractivity contribution in [3.8, 4) is 0 Å². The summed E-state index contributed by atoms with van der Waals surface area (Å²) >= 11 is 0. The Hall–Kier alpha value is -5.40. The summed E-state index contributed by atoms with van der Waals surface area (Å²) in [5.41, 5.74) is 6.78. The van der Waals surface area contributed by atoms with Gasteiger partial charge in [0, 0.05) is 110 Å². The zero-order chi connectivity index (χ0) is 61.7. The third kappa shape index (κ3) is 26.0. The zero-order valence-corrected chi connectivity index (χ0v) is 54.0. The van der Waals surface area contributed by atoms with Crippen LogP contribution in [-0.2, 0) is 68.0 Å². The number of rotatable bonds is 11. The molecular weight excluding hydrogens is 1030 g/mol. The van der Waals surface area contributed by atoms with Crippen LogP contribution in [0.1, 0.15) is 156 Å². The molecule has 18 heteroatoms. The average molecular weight is 1150 g/mol. The van der Waals surface area contributed by atoms with Gasteiger partial charge in [0.2, 0.25) is 17.7 Å². The van der Waals surface area contributed by atoms with E-state index in [4.69, 9.17) is 9.84 Å². The SMILES string of the molecule is CC.CC.CC.CC.CC.CC.CCOC(=O)CC1CN(C)C1.CN1CC(CC(=O)N2Cc3cccnc3C2)C1.CN1CC(CC(=O)N2Cc3cccnc3C2)C1.CN1CC(CC(=O)O)C1.O=C(CC1CNC1)N1Cc2cccnc2C1. The van der Waals surface area contributed by atoms with Gasteiger partial charge in [0.15, 0.2) is 0 Å². The third-order valence-corrected chi connectivity index (χ3v) is 14.2. The first kappa shape index (κ1) is 74.6. The normalized spacial score (nSPS) is 17.5. The number of hydrogen-bond acceptors (Lipinski definition) is 14. The molecule has 2 N–H and O–H groups in total. The number of fused-ring (bicyclic) bond motifs is 3. The van der Waals surface area contributed by atoms with E-state index in [0.29, 0.717) is 87.9 Å². The van der Waals surface area contributed by atoms with Crippen LogP contribution in [0.25, 0.3) is 0 Å². The van der Waals surface area contributed by atoms with Gasteiger partial charge in [-0.3, -0.25) is 38.9 Å². The van der Waals surface area contributed by atoms with Crippen molar-refractivity contribution in [3.05, 3.63) is 88.8 Å². The first-order chi connectivity index (χ1) is 39.7. The Kier molecular flexibility index (Phi) is 38.6. The number of carboxylic acids is 1. The maximum absolute atomic E-state index is 12.1. The van der Waals surface area contributed by atoms with Crippen LogP contribution in [0.5, 0.6) is 0 Å². The lowest BCUT2D eigenvalue weighted by molar-refractivity contribution is -0.145. The van der Waals surface area contributed by atoms with E-state index in [-0.39, 0.29) is 23.7 Å². The Labute approximate surface area is 496 Å². The monoisotopic (exact) mass is 1150 g/mol.